The molecule has 19 heavy (non-hydrogen) atoms. The summed E-state index contributed by atoms with van der Waals surface area (Å²) in [6.45, 7) is 0.388. The van der Waals surface area contributed by atoms with Crippen molar-refractivity contribution in [3.8, 4) is 0 Å². The van der Waals surface area contributed by atoms with Gasteiger partial charge in [-0.15, -0.1) is 0 Å². The van der Waals surface area contributed by atoms with Gasteiger partial charge >= 0.3 is 0 Å². The van der Waals surface area contributed by atoms with E-state index in [4.69, 9.17) is 5.73 Å². The zero-order valence-corrected chi connectivity index (χ0v) is 12.4. The smallest absolute Gasteiger partial charge is 0.261 e. The molecule has 0 aliphatic rings. The molecule has 0 atom stereocenters. The predicted octanol–water partition coefficient (Wildman–Crippen LogP) is 2.71. The topological polar surface area (TPSA) is 72.2 Å². The van der Waals surface area contributed by atoms with Gasteiger partial charge in [0, 0.05) is 16.7 Å². The van der Waals surface area contributed by atoms with Crippen LogP contribution in [0, 0.1) is 0 Å². The van der Waals surface area contributed by atoms with Crippen LogP contribution in [0.25, 0.3) is 0 Å². The number of rotatable bonds is 4. The van der Waals surface area contributed by atoms with Crippen molar-refractivity contribution in [1.29, 1.82) is 0 Å². The average molecular weight is 341 g/mol. The van der Waals surface area contributed by atoms with Crippen LogP contribution in [-0.4, -0.2) is 8.42 Å². The van der Waals surface area contributed by atoms with Gasteiger partial charge in [0.25, 0.3) is 10.0 Å². The van der Waals surface area contributed by atoms with Crippen molar-refractivity contribution >= 4 is 31.6 Å². The zero-order valence-electron chi connectivity index (χ0n) is 10.0. The molecule has 0 aliphatic heterocycles. The van der Waals surface area contributed by atoms with Crippen LogP contribution in [-0.2, 0) is 16.6 Å². The molecule has 0 saturated heterocycles. The van der Waals surface area contributed by atoms with Crippen molar-refractivity contribution in [2.24, 2.45) is 5.73 Å². The van der Waals surface area contributed by atoms with Crippen LogP contribution >= 0.6 is 15.9 Å². The zero-order chi connectivity index (χ0) is 13.9. The summed E-state index contributed by atoms with van der Waals surface area (Å²) in [6.07, 6.45) is 0. The fourth-order valence-electron chi connectivity index (χ4n) is 1.57. The van der Waals surface area contributed by atoms with Gasteiger partial charge in [0.1, 0.15) is 0 Å². The molecule has 0 radical (unpaired) electrons. The fraction of sp³-hybridized carbons (Fsp3) is 0.0769. The van der Waals surface area contributed by atoms with Gasteiger partial charge in [-0.3, -0.25) is 4.72 Å². The number of anilines is 1. The van der Waals surface area contributed by atoms with E-state index in [0.717, 1.165) is 10.0 Å². The van der Waals surface area contributed by atoms with Crippen molar-refractivity contribution in [3.05, 3.63) is 58.6 Å². The molecule has 0 fully saturated rings. The van der Waals surface area contributed by atoms with Gasteiger partial charge in [-0.25, -0.2) is 8.42 Å². The SMILES string of the molecule is NCc1ccc(S(=O)(=O)Nc2cccc(Br)c2)cc1. The summed E-state index contributed by atoms with van der Waals surface area (Å²) in [7, 11) is -3.57. The van der Waals surface area contributed by atoms with Gasteiger partial charge in [-0.05, 0) is 35.9 Å². The Bertz CT molecular complexity index is 669. The van der Waals surface area contributed by atoms with E-state index in [1.165, 1.54) is 0 Å². The lowest BCUT2D eigenvalue weighted by molar-refractivity contribution is 0.601. The maximum absolute atomic E-state index is 12.2. The average Bonchev–Trinajstić information content (AvgIpc) is 2.38. The first kappa shape index (κ1) is 14.0. The highest BCUT2D eigenvalue weighted by molar-refractivity contribution is 9.10. The summed E-state index contributed by atoms with van der Waals surface area (Å²) in [5.74, 6) is 0. The molecule has 6 heteroatoms. The first-order valence-corrected chi connectivity index (χ1v) is 7.86. The van der Waals surface area contributed by atoms with Gasteiger partial charge in [-0.1, -0.05) is 34.1 Å². The lowest BCUT2D eigenvalue weighted by Gasteiger charge is -2.08. The van der Waals surface area contributed by atoms with Crippen LogP contribution in [0.2, 0.25) is 0 Å². The number of sulfonamides is 1. The second kappa shape index (κ2) is 5.73. The number of halogens is 1. The predicted molar refractivity (Wildman–Crippen MR) is 79.3 cm³/mol. The Morgan fingerprint density at radius 1 is 1.11 bits per heavy atom. The lowest BCUT2D eigenvalue weighted by atomic mass is 10.2. The molecule has 3 N–H and O–H groups in total. The van der Waals surface area contributed by atoms with Gasteiger partial charge < -0.3 is 5.73 Å². The summed E-state index contributed by atoms with van der Waals surface area (Å²) in [6, 6.07) is 13.5. The molecule has 0 heterocycles. The molecular weight excluding hydrogens is 328 g/mol. The number of hydrogen-bond donors (Lipinski definition) is 2. The van der Waals surface area contributed by atoms with E-state index in [1.54, 1.807) is 42.5 Å². The van der Waals surface area contributed by atoms with E-state index >= 15 is 0 Å². The van der Waals surface area contributed by atoms with Gasteiger partial charge in [0.05, 0.1) is 4.90 Å². The Labute approximate surface area is 120 Å². The minimum absolute atomic E-state index is 0.213. The number of hydrogen-bond acceptors (Lipinski definition) is 3. The number of benzene rings is 2. The minimum Gasteiger partial charge on any atom is -0.326 e. The Morgan fingerprint density at radius 2 is 1.79 bits per heavy atom. The van der Waals surface area contributed by atoms with Crippen molar-refractivity contribution in [3.63, 3.8) is 0 Å². The normalized spacial score (nSPS) is 11.3. The summed E-state index contributed by atoms with van der Waals surface area (Å²) >= 11 is 3.30. The molecule has 2 aromatic rings. The van der Waals surface area contributed by atoms with Crippen molar-refractivity contribution < 1.29 is 8.42 Å². The van der Waals surface area contributed by atoms with E-state index in [-0.39, 0.29) is 4.90 Å². The maximum atomic E-state index is 12.2. The van der Waals surface area contributed by atoms with E-state index in [2.05, 4.69) is 20.7 Å². The lowest BCUT2D eigenvalue weighted by Crippen LogP contribution is -2.13. The quantitative estimate of drug-likeness (QED) is 0.898. The highest BCUT2D eigenvalue weighted by atomic mass is 79.9. The molecule has 2 aromatic carbocycles. The Hall–Kier alpha value is -1.37. The van der Waals surface area contributed by atoms with E-state index < -0.39 is 10.0 Å². The molecule has 0 aliphatic carbocycles. The van der Waals surface area contributed by atoms with Crippen molar-refractivity contribution in [2.45, 2.75) is 11.4 Å². The van der Waals surface area contributed by atoms with Crippen LogP contribution < -0.4 is 10.5 Å². The monoisotopic (exact) mass is 340 g/mol. The van der Waals surface area contributed by atoms with Crippen LogP contribution in [0.5, 0.6) is 0 Å². The number of nitrogens with one attached hydrogen (secondary N) is 1. The van der Waals surface area contributed by atoms with Crippen LogP contribution in [0.3, 0.4) is 0 Å². The molecule has 4 nitrogen and oxygen atoms in total. The molecule has 0 aromatic heterocycles. The summed E-state index contributed by atoms with van der Waals surface area (Å²) in [5, 5.41) is 0. The number of nitrogens with two attached hydrogens (primary N) is 1. The van der Waals surface area contributed by atoms with Crippen LogP contribution in [0.4, 0.5) is 5.69 Å². The fourth-order valence-corrected chi connectivity index (χ4v) is 3.02. The minimum atomic E-state index is -3.57. The van der Waals surface area contributed by atoms with Crippen molar-refractivity contribution in [2.75, 3.05) is 4.72 Å². The van der Waals surface area contributed by atoms with E-state index in [1.807, 2.05) is 6.07 Å². The van der Waals surface area contributed by atoms with E-state index in [9.17, 15) is 8.42 Å². The Kier molecular flexibility index (Phi) is 4.24. The second-order valence-electron chi connectivity index (χ2n) is 3.96. The van der Waals surface area contributed by atoms with E-state index in [0.29, 0.717) is 12.2 Å². The first-order valence-electron chi connectivity index (χ1n) is 5.59. The molecule has 0 amide bonds. The van der Waals surface area contributed by atoms with Gasteiger partial charge in [0.2, 0.25) is 0 Å². The third-order valence-corrected chi connectivity index (χ3v) is 4.44. The Balaban J connectivity index is 2.27. The van der Waals surface area contributed by atoms with Crippen LogP contribution in [0.1, 0.15) is 5.56 Å². The Morgan fingerprint density at radius 3 is 2.37 bits per heavy atom. The molecule has 0 spiro atoms. The molecule has 100 valence electrons. The van der Waals surface area contributed by atoms with Crippen molar-refractivity contribution in [1.82, 2.24) is 0 Å². The third-order valence-electron chi connectivity index (χ3n) is 2.55. The highest BCUT2D eigenvalue weighted by Gasteiger charge is 2.13. The molecule has 2 rings (SSSR count). The highest BCUT2D eigenvalue weighted by Crippen LogP contribution is 2.20. The summed E-state index contributed by atoms with van der Waals surface area (Å²) < 4.78 is 27.6. The molecule has 0 unspecified atom stereocenters. The molecule has 0 saturated carbocycles. The standard InChI is InChI=1S/C13H13BrN2O2S/c14-11-2-1-3-12(8-11)16-19(17,18)13-6-4-10(9-15)5-7-13/h1-8,16H,9,15H2. The summed E-state index contributed by atoms with van der Waals surface area (Å²) in [5.41, 5.74) is 6.88. The molecular formula is C13H13BrN2O2S. The second-order valence-corrected chi connectivity index (χ2v) is 6.56. The van der Waals surface area contributed by atoms with Crippen LogP contribution in [0.15, 0.2) is 57.9 Å². The first-order chi connectivity index (χ1) is 9.01. The van der Waals surface area contributed by atoms with Gasteiger partial charge in [-0.2, -0.15) is 0 Å². The largest absolute Gasteiger partial charge is 0.326 e. The summed E-state index contributed by atoms with van der Waals surface area (Å²) in [4.78, 5) is 0.213. The van der Waals surface area contributed by atoms with Gasteiger partial charge in [0.15, 0.2) is 0 Å². The third kappa shape index (κ3) is 3.56. The molecule has 0 bridgehead atoms. The maximum Gasteiger partial charge on any atom is 0.261 e.